The second-order valence-corrected chi connectivity index (χ2v) is 7.30. The number of aromatic nitrogens is 1. The summed E-state index contributed by atoms with van der Waals surface area (Å²) >= 11 is 6.12. The van der Waals surface area contributed by atoms with E-state index in [0.29, 0.717) is 0 Å². The molecule has 6 heteroatoms. The third-order valence-electron chi connectivity index (χ3n) is 5.18. The predicted octanol–water partition coefficient (Wildman–Crippen LogP) is 4.24. The molecule has 1 saturated heterocycles. The van der Waals surface area contributed by atoms with E-state index < -0.39 is 0 Å². The van der Waals surface area contributed by atoms with E-state index in [1.165, 1.54) is 5.56 Å². The van der Waals surface area contributed by atoms with Crippen LogP contribution in [0, 0.1) is 0 Å². The maximum absolute atomic E-state index is 6.12. The molecule has 5 nitrogen and oxygen atoms in total. The molecule has 142 valence electrons. The summed E-state index contributed by atoms with van der Waals surface area (Å²) in [7, 11) is 1.70. The van der Waals surface area contributed by atoms with E-state index in [2.05, 4.69) is 14.8 Å². The molecule has 0 amide bonds. The molecule has 0 spiro atoms. The van der Waals surface area contributed by atoms with Crippen molar-refractivity contribution in [3.63, 3.8) is 0 Å². The number of hydrogen-bond donors (Lipinski definition) is 0. The molecular weight excluding hydrogens is 362 g/mol. The fourth-order valence-corrected chi connectivity index (χ4v) is 3.88. The molecule has 2 aromatic heterocycles. The summed E-state index contributed by atoms with van der Waals surface area (Å²) in [6, 6.07) is 9.68. The predicted molar refractivity (Wildman–Crippen MR) is 109 cm³/mol. The summed E-state index contributed by atoms with van der Waals surface area (Å²) in [5.74, 6) is 1.79. The topological polar surface area (TPSA) is 41.7 Å². The number of aryl methyl sites for hydroxylation is 1. The minimum absolute atomic E-state index is 0.756. The fraction of sp³-hybridized carbons (Fsp3) is 0.381. The van der Waals surface area contributed by atoms with Crippen LogP contribution in [-0.2, 0) is 6.42 Å². The number of methoxy groups -OCH3 is 1. The van der Waals surface area contributed by atoms with Crippen LogP contribution in [0.3, 0.4) is 0 Å². The summed E-state index contributed by atoms with van der Waals surface area (Å²) in [4.78, 5) is 9.31. The number of benzene rings is 1. The van der Waals surface area contributed by atoms with Gasteiger partial charge in [-0.1, -0.05) is 11.6 Å². The summed E-state index contributed by atoms with van der Waals surface area (Å²) in [5, 5.41) is 1.89. The van der Waals surface area contributed by atoms with Crippen molar-refractivity contribution < 1.29 is 9.15 Å². The Bertz CT molecular complexity index is 903. The van der Waals surface area contributed by atoms with Gasteiger partial charge in [-0.05, 0) is 55.3 Å². The fourth-order valence-electron chi connectivity index (χ4n) is 3.70. The van der Waals surface area contributed by atoms with E-state index in [1.807, 2.05) is 42.8 Å². The van der Waals surface area contributed by atoms with Gasteiger partial charge in [0.2, 0.25) is 0 Å². The van der Waals surface area contributed by atoms with Crippen LogP contribution in [0.4, 0.5) is 5.82 Å². The van der Waals surface area contributed by atoms with Crippen LogP contribution in [0.15, 0.2) is 47.2 Å². The smallest absolute Gasteiger partial charge is 0.171 e. The first kappa shape index (κ1) is 18.1. The second-order valence-electron chi connectivity index (χ2n) is 6.86. The normalized spacial score (nSPS) is 15.4. The van der Waals surface area contributed by atoms with Crippen molar-refractivity contribution in [2.45, 2.75) is 12.8 Å². The SMILES string of the molecule is COc1cccnc1N1CCN(CCCc2coc3ccc(Cl)cc23)CC1. The molecule has 0 N–H and O–H groups in total. The largest absolute Gasteiger partial charge is 0.493 e. The van der Waals surface area contributed by atoms with Gasteiger partial charge < -0.3 is 14.1 Å². The van der Waals surface area contributed by atoms with Crippen LogP contribution in [0.25, 0.3) is 11.0 Å². The number of rotatable bonds is 6. The van der Waals surface area contributed by atoms with E-state index in [-0.39, 0.29) is 0 Å². The number of piperazine rings is 1. The molecule has 1 aromatic carbocycles. The van der Waals surface area contributed by atoms with E-state index in [0.717, 1.165) is 73.1 Å². The van der Waals surface area contributed by atoms with Crippen molar-refractivity contribution in [3.8, 4) is 5.75 Å². The highest BCUT2D eigenvalue weighted by atomic mass is 35.5. The van der Waals surface area contributed by atoms with Crippen LogP contribution in [0.2, 0.25) is 5.02 Å². The molecule has 27 heavy (non-hydrogen) atoms. The van der Waals surface area contributed by atoms with Gasteiger partial charge in [-0.25, -0.2) is 4.98 Å². The van der Waals surface area contributed by atoms with Gasteiger partial charge in [0, 0.05) is 42.8 Å². The summed E-state index contributed by atoms with van der Waals surface area (Å²) in [6.45, 7) is 5.10. The molecule has 1 aliphatic rings. The van der Waals surface area contributed by atoms with Crippen LogP contribution in [-0.4, -0.2) is 49.7 Å². The van der Waals surface area contributed by atoms with Crippen LogP contribution in [0.5, 0.6) is 5.75 Å². The Labute approximate surface area is 164 Å². The van der Waals surface area contributed by atoms with Crippen molar-refractivity contribution in [1.29, 1.82) is 0 Å². The zero-order valence-electron chi connectivity index (χ0n) is 15.5. The van der Waals surface area contributed by atoms with Gasteiger partial charge in [0.05, 0.1) is 13.4 Å². The van der Waals surface area contributed by atoms with Crippen LogP contribution in [0.1, 0.15) is 12.0 Å². The molecular formula is C21H24ClN3O2. The van der Waals surface area contributed by atoms with E-state index in [4.69, 9.17) is 20.8 Å². The lowest BCUT2D eigenvalue weighted by Gasteiger charge is -2.35. The maximum atomic E-state index is 6.12. The first-order valence-electron chi connectivity index (χ1n) is 9.36. The number of pyridine rings is 1. The number of hydrogen-bond acceptors (Lipinski definition) is 5. The lowest BCUT2D eigenvalue weighted by atomic mass is 10.1. The molecule has 3 aromatic rings. The Balaban J connectivity index is 1.29. The van der Waals surface area contributed by atoms with Gasteiger partial charge in [-0.2, -0.15) is 0 Å². The number of ether oxygens (including phenoxy) is 1. The highest BCUT2D eigenvalue weighted by Gasteiger charge is 2.20. The average Bonchev–Trinajstić information content (AvgIpc) is 3.10. The van der Waals surface area contributed by atoms with E-state index >= 15 is 0 Å². The first-order valence-corrected chi connectivity index (χ1v) is 9.74. The summed E-state index contributed by atoms with van der Waals surface area (Å²) < 4.78 is 11.1. The van der Waals surface area contributed by atoms with Crippen molar-refractivity contribution in [2.24, 2.45) is 0 Å². The molecule has 0 atom stereocenters. The van der Waals surface area contributed by atoms with Gasteiger partial charge in [-0.15, -0.1) is 0 Å². The Morgan fingerprint density at radius 2 is 2.04 bits per heavy atom. The monoisotopic (exact) mass is 385 g/mol. The number of fused-ring (bicyclic) bond motifs is 1. The Kier molecular flexibility index (Phi) is 5.50. The molecule has 0 saturated carbocycles. The van der Waals surface area contributed by atoms with Gasteiger partial charge in [0.1, 0.15) is 5.58 Å². The Morgan fingerprint density at radius 3 is 2.85 bits per heavy atom. The molecule has 1 fully saturated rings. The molecule has 4 rings (SSSR count). The average molecular weight is 386 g/mol. The van der Waals surface area contributed by atoms with Gasteiger partial charge in [-0.3, -0.25) is 4.90 Å². The van der Waals surface area contributed by atoms with Gasteiger partial charge >= 0.3 is 0 Å². The Hall–Kier alpha value is -2.24. The highest BCUT2D eigenvalue weighted by molar-refractivity contribution is 6.31. The number of halogens is 1. The quantitative estimate of drug-likeness (QED) is 0.634. The number of furan rings is 1. The van der Waals surface area contributed by atoms with E-state index in [9.17, 15) is 0 Å². The summed E-state index contributed by atoms with van der Waals surface area (Å²) in [6.07, 6.45) is 5.80. The third-order valence-corrected chi connectivity index (χ3v) is 5.41. The standard InChI is InChI=1S/C21H24ClN3O2/c1-26-20-5-2-8-23-21(20)25-12-10-24(11-13-25)9-3-4-16-15-27-19-7-6-17(22)14-18(16)19/h2,5-8,14-15H,3-4,9-13H2,1H3. The van der Waals surface area contributed by atoms with Crippen LogP contribution >= 0.6 is 11.6 Å². The summed E-state index contributed by atoms with van der Waals surface area (Å²) in [5.41, 5.74) is 2.15. The third kappa shape index (κ3) is 4.04. The van der Waals surface area contributed by atoms with Crippen molar-refractivity contribution in [2.75, 3.05) is 44.7 Å². The second kappa shape index (κ2) is 8.19. The zero-order chi connectivity index (χ0) is 18.6. The van der Waals surface area contributed by atoms with Gasteiger partial charge in [0.15, 0.2) is 11.6 Å². The van der Waals surface area contributed by atoms with Crippen molar-refractivity contribution >= 4 is 28.4 Å². The van der Waals surface area contributed by atoms with Gasteiger partial charge in [0.25, 0.3) is 0 Å². The molecule has 0 bridgehead atoms. The lowest BCUT2D eigenvalue weighted by Crippen LogP contribution is -2.47. The minimum Gasteiger partial charge on any atom is -0.493 e. The lowest BCUT2D eigenvalue weighted by molar-refractivity contribution is 0.253. The molecule has 0 aliphatic carbocycles. The number of anilines is 1. The van der Waals surface area contributed by atoms with Crippen molar-refractivity contribution in [1.82, 2.24) is 9.88 Å². The Morgan fingerprint density at radius 1 is 1.19 bits per heavy atom. The van der Waals surface area contributed by atoms with E-state index in [1.54, 1.807) is 7.11 Å². The van der Waals surface area contributed by atoms with Crippen LogP contribution < -0.4 is 9.64 Å². The molecule has 0 unspecified atom stereocenters. The molecule has 0 radical (unpaired) electrons. The number of nitrogens with zero attached hydrogens (tertiary/aromatic N) is 3. The molecule has 1 aliphatic heterocycles. The molecule has 3 heterocycles. The maximum Gasteiger partial charge on any atom is 0.171 e. The minimum atomic E-state index is 0.756. The highest BCUT2D eigenvalue weighted by Crippen LogP contribution is 2.27. The van der Waals surface area contributed by atoms with Crippen molar-refractivity contribution in [3.05, 3.63) is 53.4 Å². The first-order chi connectivity index (χ1) is 13.2. The zero-order valence-corrected chi connectivity index (χ0v) is 16.3.